The molecule has 0 unspecified atom stereocenters. The molecular formula is C41H30B2N2OS2. The number of hydrogen-bond donors (Lipinski definition) is 0. The van der Waals surface area contributed by atoms with Gasteiger partial charge >= 0.3 is 6.03 Å². The monoisotopic (exact) mass is 652 g/mol. The minimum atomic E-state index is -0.00530. The second-order valence-electron chi connectivity index (χ2n) is 14.3. The first-order chi connectivity index (χ1) is 23.3. The lowest BCUT2D eigenvalue weighted by Crippen LogP contribution is -2.60. The van der Waals surface area contributed by atoms with Crippen molar-refractivity contribution in [3.05, 3.63) is 118 Å². The van der Waals surface area contributed by atoms with E-state index in [0.29, 0.717) is 0 Å². The highest BCUT2D eigenvalue weighted by molar-refractivity contribution is 7.33. The van der Waals surface area contributed by atoms with E-state index in [1.54, 1.807) is 0 Å². The molecule has 9 bridgehead atoms. The lowest BCUT2D eigenvalue weighted by molar-refractivity contribution is 0.255. The number of benzene rings is 4. The Hall–Kier alpha value is -4.58. The Labute approximate surface area is 288 Å². The van der Waals surface area contributed by atoms with Crippen LogP contribution in [0.5, 0.6) is 0 Å². The number of carbonyl (C=O) groups is 1. The largest absolute Gasteiger partial charge is 0.338 e. The number of hydrogen-bond acceptors (Lipinski definition) is 3. The third-order valence-electron chi connectivity index (χ3n) is 11.7. The molecule has 0 radical (unpaired) electrons. The summed E-state index contributed by atoms with van der Waals surface area (Å²) in [4.78, 5) is 19.9. The van der Waals surface area contributed by atoms with Crippen molar-refractivity contribution in [3.63, 3.8) is 0 Å². The number of thiophene rings is 2. The van der Waals surface area contributed by atoms with Crippen molar-refractivity contribution in [2.45, 2.75) is 40.5 Å². The van der Waals surface area contributed by atoms with Crippen LogP contribution in [0.1, 0.15) is 40.5 Å². The van der Waals surface area contributed by atoms with Gasteiger partial charge in [0.2, 0.25) is 0 Å². The lowest BCUT2D eigenvalue weighted by atomic mass is 9.35. The van der Waals surface area contributed by atoms with Gasteiger partial charge in [-0.05, 0) is 69.0 Å². The molecule has 228 valence electrons. The molecule has 0 spiro atoms. The highest BCUT2D eigenvalue weighted by Gasteiger charge is 2.51. The Balaban J connectivity index is 1.40. The van der Waals surface area contributed by atoms with E-state index in [-0.39, 0.29) is 19.5 Å². The van der Waals surface area contributed by atoms with Gasteiger partial charge in [-0.25, -0.2) is 4.79 Å². The van der Waals surface area contributed by atoms with E-state index in [9.17, 15) is 0 Å². The molecule has 0 fully saturated rings. The smallest absolute Gasteiger partial charge is 0.261 e. The van der Waals surface area contributed by atoms with E-state index in [2.05, 4.69) is 117 Å². The molecule has 2 aromatic heterocycles. The average molecular weight is 652 g/mol. The van der Waals surface area contributed by atoms with Gasteiger partial charge < -0.3 is 0 Å². The highest BCUT2D eigenvalue weighted by Crippen LogP contribution is 2.53. The molecule has 11 rings (SSSR count). The van der Waals surface area contributed by atoms with Crippen molar-refractivity contribution in [2.24, 2.45) is 0 Å². The fourth-order valence-electron chi connectivity index (χ4n) is 9.87. The minimum absolute atomic E-state index is 0.00530. The number of rotatable bonds is 1. The van der Waals surface area contributed by atoms with Crippen molar-refractivity contribution in [1.82, 2.24) is 0 Å². The molecule has 6 heterocycles. The van der Waals surface area contributed by atoms with Crippen molar-refractivity contribution in [2.75, 3.05) is 9.80 Å². The van der Waals surface area contributed by atoms with Crippen LogP contribution in [-0.2, 0) is 0 Å². The van der Waals surface area contributed by atoms with Crippen LogP contribution in [0, 0.1) is 0 Å². The molecule has 4 aromatic carbocycles. The first-order valence-electron chi connectivity index (χ1n) is 16.8. The van der Waals surface area contributed by atoms with Gasteiger partial charge in [0, 0.05) is 35.1 Å². The molecular weight excluding hydrogens is 622 g/mol. The number of amides is 2. The summed E-state index contributed by atoms with van der Waals surface area (Å²) in [5, 5.41) is 4.67. The van der Waals surface area contributed by atoms with Crippen molar-refractivity contribution >= 4 is 116 Å². The SMILES string of the molecule is C=C(C)/C1=C(/C)CC2=C(C)C(=C(C)C2)B2c3ccc4ccc5c6c4c3N(C(=O)N6c3c(sc4ccccc34)B15)c1c2sc2ccccc12. The summed E-state index contributed by atoms with van der Waals surface area (Å²) in [5.41, 5.74) is 16.3. The molecule has 0 saturated heterocycles. The Kier molecular flexibility index (Phi) is 5.19. The number of fused-ring (bicyclic) bond motifs is 12. The summed E-state index contributed by atoms with van der Waals surface area (Å²) < 4.78 is 4.96. The molecule has 48 heavy (non-hydrogen) atoms. The predicted octanol–water partition coefficient (Wildman–Crippen LogP) is 8.94. The molecule has 6 aromatic rings. The normalized spacial score (nSPS) is 19.0. The Morgan fingerprint density at radius 3 is 1.85 bits per heavy atom. The van der Waals surface area contributed by atoms with Crippen molar-refractivity contribution < 1.29 is 4.79 Å². The van der Waals surface area contributed by atoms with E-state index in [0.717, 1.165) is 51.9 Å². The summed E-state index contributed by atoms with van der Waals surface area (Å²) in [5.74, 6) is 0. The van der Waals surface area contributed by atoms with E-state index >= 15 is 4.79 Å². The van der Waals surface area contributed by atoms with Crippen LogP contribution in [0.15, 0.2) is 118 Å². The van der Waals surface area contributed by atoms with E-state index in [1.807, 2.05) is 22.7 Å². The predicted molar refractivity (Wildman–Crippen MR) is 209 cm³/mol. The number of carbonyl (C=O) groups excluding carboxylic acids is 1. The summed E-state index contributed by atoms with van der Waals surface area (Å²) in [7, 11) is 0. The molecule has 0 atom stereocenters. The van der Waals surface area contributed by atoms with Crippen LogP contribution in [0.2, 0.25) is 0 Å². The van der Waals surface area contributed by atoms with Gasteiger partial charge in [0.1, 0.15) is 0 Å². The van der Waals surface area contributed by atoms with Crippen molar-refractivity contribution in [1.29, 1.82) is 0 Å². The average Bonchev–Trinajstić information content (AvgIpc) is 3.73. The molecule has 7 heteroatoms. The van der Waals surface area contributed by atoms with Gasteiger partial charge in [0.05, 0.1) is 22.7 Å². The van der Waals surface area contributed by atoms with Crippen molar-refractivity contribution in [3.8, 4) is 0 Å². The molecule has 2 amide bonds. The maximum atomic E-state index is 15.7. The zero-order valence-electron chi connectivity index (χ0n) is 27.3. The summed E-state index contributed by atoms with van der Waals surface area (Å²) in [6.07, 6.45) is 1.91. The molecule has 0 N–H and O–H groups in total. The number of allylic oxidation sites excluding steroid dienone is 7. The maximum Gasteiger partial charge on any atom is 0.338 e. The van der Waals surface area contributed by atoms with Gasteiger partial charge in [-0.2, -0.15) is 0 Å². The van der Waals surface area contributed by atoms with Gasteiger partial charge in [-0.1, -0.05) is 106 Å². The van der Waals surface area contributed by atoms with E-state index in [4.69, 9.17) is 0 Å². The van der Waals surface area contributed by atoms with Crippen LogP contribution in [0.3, 0.4) is 0 Å². The maximum absolute atomic E-state index is 15.7. The standard InChI is InChI=1S/C41H30B2N2OS2/c1-20(2)33-21(3)18-25-19-22(4)34(23(25)5)43-29-17-15-24-14-16-28-37-32(24)38(29)45(36-27-11-7-9-13-31(27)48-40(36)43)41(46)44(37)35-26-10-6-8-12-30(26)47-39(35)42(28)33/h6-17H,1,18-19H2,2-5H3/b33-21+. The molecule has 5 aliphatic rings. The number of nitrogens with zero attached hydrogens (tertiary/aromatic N) is 2. The Bertz CT molecular complexity index is 2670. The van der Waals surface area contributed by atoms with Crippen LogP contribution in [-0.4, -0.2) is 19.5 Å². The molecule has 0 saturated carbocycles. The van der Waals surface area contributed by atoms with Gasteiger partial charge in [0.25, 0.3) is 13.4 Å². The van der Waals surface area contributed by atoms with Gasteiger partial charge in [-0.15, -0.1) is 22.7 Å². The zero-order chi connectivity index (χ0) is 32.3. The fourth-order valence-corrected chi connectivity index (χ4v) is 12.5. The topological polar surface area (TPSA) is 23.6 Å². The summed E-state index contributed by atoms with van der Waals surface area (Å²) in [6.45, 7) is 13.9. The minimum Gasteiger partial charge on any atom is -0.261 e. The second-order valence-corrected chi connectivity index (χ2v) is 16.5. The Morgan fingerprint density at radius 2 is 1.25 bits per heavy atom. The highest BCUT2D eigenvalue weighted by atomic mass is 32.1. The van der Waals surface area contributed by atoms with Crippen LogP contribution >= 0.6 is 22.7 Å². The quantitative estimate of drug-likeness (QED) is 0.163. The zero-order valence-corrected chi connectivity index (χ0v) is 29.0. The third kappa shape index (κ3) is 3.11. The fraction of sp³-hybridized carbons (Fsp3) is 0.146. The van der Waals surface area contributed by atoms with Crippen LogP contribution in [0.25, 0.3) is 30.9 Å². The molecule has 4 aliphatic heterocycles. The first-order valence-corrected chi connectivity index (χ1v) is 18.5. The summed E-state index contributed by atoms with van der Waals surface area (Å²) >= 11 is 3.70. The van der Waals surface area contributed by atoms with Crippen LogP contribution in [0.4, 0.5) is 27.5 Å². The van der Waals surface area contributed by atoms with Crippen LogP contribution < -0.4 is 30.3 Å². The first kappa shape index (κ1) is 27.4. The van der Waals surface area contributed by atoms with E-state index < -0.39 is 0 Å². The number of urea groups is 1. The Morgan fingerprint density at radius 1 is 0.708 bits per heavy atom. The van der Waals surface area contributed by atoms with Gasteiger partial charge in [-0.3, -0.25) is 9.80 Å². The van der Waals surface area contributed by atoms with E-state index in [1.165, 1.54) is 73.9 Å². The third-order valence-corrected chi connectivity index (χ3v) is 14.1. The second kappa shape index (κ2) is 9.10. The number of anilines is 4. The molecule has 1 aliphatic carbocycles. The summed E-state index contributed by atoms with van der Waals surface area (Å²) in [6, 6.07) is 26.6. The lowest BCUT2D eigenvalue weighted by Gasteiger charge is -2.45. The van der Waals surface area contributed by atoms with Gasteiger partial charge in [0.15, 0.2) is 0 Å². The molecule has 3 nitrogen and oxygen atoms in total.